The van der Waals surface area contributed by atoms with Crippen LogP contribution in [0.15, 0.2) is 36.4 Å². The van der Waals surface area contributed by atoms with E-state index in [2.05, 4.69) is 5.32 Å². The van der Waals surface area contributed by atoms with Crippen molar-refractivity contribution < 1.29 is 23.7 Å². The van der Waals surface area contributed by atoms with Crippen LogP contribution in [0.3, 0.4) is 0 Å². The minimum absolute atomic E-state index is 0.185. The van der Waals surface area contributed by atoms with Crippen LogP contribution in [0.4, 0.5) is 0 Å². The molecule has 2 aromatic carbocycles. The van der Waals surface area contributed by atoms with E-state index in [0.717, 1.165) is 18.4 Å². The molecule has 174 valence electrons. The van der Waals surface area contributed by atoms with Gasteiger partial charge in [0.1, 0.15) is 0 Å². The van der Waals surface area contributed by atoms with Gasteiger partial charge in [-0.05, 0) is 63.4 Å². The maximum absolute atomic E-state index is 13.2. The lowest BCUT2D eigenvalue weighted by Gasteiger charge is -2.38. The Morgan fingerprint density at radius 3 is 2.06 bits per heavy atom. The number of nitrogens with one attached hydrogen (secondary N) is 1. The van der Waals surface area contributed by atoms with E-state index in [4.69, 9.17) is 30.5 Å². The third-order valence-corrected chi connectivity index (χ3v) is 5.92. The largest absolute Gasteiger partial charge is 0.490 e. The molecule has 3 rings (SSSR count). The second-order valence-electron chi connectivity index (χ2n) is 7.68. The van der Waals surface area contributed by atoms with Crippen molar-refractivity contribution in [1.82, 2.24) is 5.32 Å². The minimum Gasteiger partial charge on any atom is -0.490 e. The molecule has 0 saturated carbocycles. The zero-order valence-electron chi connectivity index (χ0n) is 19.0. The number of halogens is 1. The standard InChI is InChI=1S/C25H32ClNO5/c1-4-30-21-15-18(16-22(31-5-2)23(21)32-6-3)24(28)27-17-25(11-13-29-14-12-25)19-7-9-20(26)10-8-19/h7-10,15-16H,4-6,11-14,17H2,1-3H3,(H,27,28). The van der Waals surface area contributed by atoms with Crippen molar-refractivity contribution in [3.63, 3.8) is 0 Å². The van der Waals surface area contributed by atoms with Crippen molar-refractivity contribution in [3.8, 4) is 17.2 Å². The van der Waals surface area contributed by atoms with Crippen LogP contribution in [0, 0.1) is 0 Å². The number of hydrogen-bond acceptors (Lipinski definition) is 5. The molecule has 0 aliphatic carbocycles. The Morgan fingerprint density at radius 2 is 1.53 bits per heavy atom. The molecule has 0 unspecified atom stereocenters. The number of amides is 1. The highest BCUT2D eigenvalue weighted by Crippen LogP contribution is 2.39. The van der Waals surface area contributed by atoms with E-state index in [0.29, 0.717) is 67.4 Å². The van der Waals surface area contributed by atoms with E-state index >= 15 is 0 Å². The molecule has 6 nitrogen and oxygen atoms in total. The highest BCUT2D eigenvalue weighted by atomic mass is 35.5. The van der Waals surface area contributed by atoms with Gasteiger partial charge in [0.15, 0.2) is 11.5 Å². The lowest BCUT2D eigenvalue weighted by atomic mass is 9.74. The summed E-state index contributed by atoms with van der Waals surface area (Å²) in [4.78, 5) is 13.2. The Balaban J connectivity index is 1.85. The van der Waals surface area contributed by atoms with Crippen LogP contribution in [0.5, 0.6) is 17.2 Å². The summed E-state index contributed by atoms with van der Waals surface area (Å²) in [5, 5.41) is 3.83. The monoisotopic (exact) mass is 461 g/mol. The average Bonchev–Trinajstić information content (AvgIpc) is 2.80. The van der Waals surface area contributed by atoms with Gasteiger partial charge in [-0.15, -0.1) is 0 Å². The quantitative estimate of drug-likeness (QED) is 0.538. The van der Waals surface area contributed by atoms with Gasteiger partial charge >= 0.3 is 0 Å². The summed E-state index contributed by atoms with van der Waals surface area (Å²) in [5.74, 6) is 1.34. The SMILES string of the molecule is CCOc1cc(C(=O)NCC2(c3ccc(Cl)cc3)CCOCC2)cc(OCC)c1OCC. The van der Waals surface area contributed by atoms with Gasteiger partial charge in [0.05, 0.1) is 19.8 Å². The molecule has 7 heteroatoms. The van der Waals surface area contributed by atoms with Crippen LogP contribution in [0.1, 0.15) is 49.5 Å². The Kier molecular flexibility index (Phi) is 8.65. The van der Waals surface area contributed by atoms with Gasteiger partial charge in [-0.3, -0.25) is 4.79 Å². The van der Waals surface area contributed by atoms with Crippen molar-refractivity contribution in [3.05, 3.63) is 52.5 Å². The summed E-state index contributed by atoms with van der Waals surface area (Å²) in [6, 6.07) is 11.3. The summed E-state index contributed by atoms with van der Waals surface area (Å²) >= 11 is 6.09. The van der Waals surface area contributed by atoms with Gasteiger partial charge in [-0.1, -0.05) is 23.7 Å². The zero-order chi connectivity index (χ0) is 23.0. The van der Waals surface area contributed by atoms with E-state index in [1.165, 1.54) is 0 Å². The minimum atomic E-state index is -0.199. The number of ether oxygens (including phenoxy) is 4. The van der Waals surface area contributed by atoms with Gasteiger partial charge in [-0.2, -0.15) is 0 Å². The molecule has 1 saturated heterocycles. The van der Waals surface area contributed by atoms with Crippen molar-refractivity contribution in [1.29, 1.82) is 0 Å². The lowest BCUT2D eigenvalue weighted by Crippen LogP contribution is -2.44. The van der Waals surface area contributed by atoms with E-state index in [9.17, 15) is 4.79 Å². The molecule has 0 radical (unpaired) electrons. The molecule has 1 N–H and O–H groups in total. The average molecular weight is 462 g/mol. The molecular weight excluding hydrogens is 430 g/mol. The maximum Gasteiger partial charge on any atom is 0.251 e. The van der Waals surface area contributed by atoms with Gasteiger partial charge in [0.25, 0.3) is 5.91 Å². The Hall–Kier alpha value is -2.44. The predicted molar refractivity (Wildman–Crippen MR) is 125 cm³/mol. The lowest BCUT2D eigenvalue weighted by molar-refractivity contribution is 0.0487. The molecule has 1 aliphatic rings. The highest BCUT2D eigenvalue weighted by molar-refractivity contribution is 6.30. The second-order valence-corrected chi connectivity index (χ2v) is 8.12. The fourth-order valence-electron chi connectivity index (χ4n) is 4.00. The van der Waals surface area contributed by atoms with Crippen molar-refractivity contribution >= 4 is 17.5 Å². The van der Waals surface area contributed by atoms with E-state index in [1.807, 2.05) is 45.0 Å². The number of carbonyl (C=O) groups is 1. The Bertz CT molecular complexity index is 867. The Labute approximate surface area is 195 Å². The molecule has 0 spiro atoms. The zero-order valence-corrected chi connectivity index (χ0v) is 19.8. The van der Waals surface area contributed by atoms with Gasteiger partial charge in [0, 0.05) is 35.8 Å². The van der Waals surface area contributed by atoms with Crippen molar-refractivity contribution in [2.75, 3.05) is 39.6 Å². The first kappa shape index (κ1) is 24.2. The third-order valence-electron chi connectivity index (χ3n) is 5.67. The fourth-order valence-corrected chi connectivity index (χ4v) is 4.13. The summed E-state index contributed by atoms with van der Waals surface area (Å²) < 4.78 is 22.8. The number of hydrogen-bond donors (Lipinski definition) is 1. The first-order valence-electron chi connectivity index (χ1n) is 11.2. The van der Waals surface area contributed by atoms with Crippen molar-refractivity contribution in [2.24, 2.45) is 0 Å². The summed E-state index contributed by atoms with van der Waals surface area (Å²) in [6.45, 7) is 8.88. The van der Waals surface area contributed by atoms with Crippen LogP contribution >= 0.6 is 11.6 Å². The van der Waals surface area contributed by atoms with Crippen LogP contribution in [0.25, 0.3) is 0 Å². The molecular formula is C25H32ClNO5. The van der Waals surface area contributed by atoms with Crippen LogP contribution in [-0.2, 0) is 10.2 Å². The predicted octanol–water partition coefficient (Wildman–Crippen LogP) is 5.01. The Morgan fingerprint density at radius 1 is 0.969 bits per heavy atom. The fraction of sp³-hybridized carbons (Fsp3) is 0.480. The molecule has 1 aliphatic heterocycles. The van der Waals surface area contributed by atoms with Crippen LogP contribution in [0.2, 0.25) is 5.02 Å². The first-order valence-corrected chi connectivity index (χ1v) is 11.6. The second kappa shape index (κ2) is 11.4. The van der Waals surface area contributed by atoms with E-state index < -0.39 is 0 Å². The molecule has 0 atom stereocenters. The highest BCUT2D eigenvalue weighted by Gasteiger charge is 2.35. The maximum atomic E-state index is 13.2. The van der Waals surface area contributed by atoms with Gasteiger partial charge in [0.2, 0.25) is 5.75 Å². The number of benzene rings is 2. The molecule has 0 bridgehead atoms. The summed E-state index contributed by atoms with van der Waals surface area (Å²) in [5.41, 5.74) is 1.43. The van der Waals surface area contributed by atoms with Crippen molar-refractivity contribution in [2.45, 2.75) is 39.0 Å². The summed E-state index contributed by atoms with van der Waals surface area (Å²) in [6.07, 6.45) is 1.65. The van der Waals surface area contributed by atoms with Crippen LogP contribution < -0.4 is 19.5 Å². The number of carbonyl (C=O) groups excluding carboxylic acids is 1. The smallest absolute Gasteiger partial charge is 0.251 e. The molecule has 2 aromatic rings. The van der Waals surface area contributed by atoms with Gasteiger partial charge in [-0.25, -0.2) is 0 Å². The molecule has 1 fully saturated rings. The van der Waals surface area contributed by atoms with E-state index in [1.54, 1.807) is 12.1 Å². The van der Waals surface area contributed by atoms with Gasteiger partial charge < -0.3 is 24.3 Å². The van der Waals surface area contributed by atoms with Crippen LogP contribution in [-0.4, -0.2) is 45.5 Å². The summed E-state index contributed by atoms with van der Waals surface area (Å²) in [7, 11) is 0. The molecule has 1 heterocycles. The third kappa shape index (κ3) is 5.67. The normalized spacial score (nSPS) is 15.1. The van der Waals surface area contributed by atoms with E-state index in [-0.39, 0.29) is 11.3 Å². The molecule has 1 amide bonds. The molecule has 0 aromatic heterocycles. The topological polar surface area (TPSA) is 66.0 Å². The first-order chi connectivity index (χ1) is 15.5. The molecule has 32 heavy (non-hydrogen) atoms. The number of rotatable bonds is 10.